The first-order valence-corrected chi connectivity index (χ1v) is 3.90. The van der Waals surface area contributed by atoms with Gasteiger partial charge in [-0.05, 0) is 12.5 Å². The molecule has 0 aliphatic rings. The Morgan fingerprint density at radius 3 is 2.29 bits per heavy atom. The molecule has 1 aromatic rings. The van der Waals surface area contributed by atoms with Crippen molar-refractivity contribution in [1.29, 1.82) is 0 Å². The minimum atomic E-state index is 0. The van der Waals surface area contributed by atoms with Crippen LogP contribution in [0.2, 0.25) is 0 Å². The van der Waals surface area contributed by atoms with Crippen LogP contribution in [0.3, 0.4) is 0 Å². The number of benzene rings is 1. The Bertz CT molecular complexity index is 249. The Balaban J connectivity index is 0. The van der Waals surface area contributed by atoms with E-state index < -0.39 is 0 Å². The first-order chi connectivity index (χ1) is 5.79. The summed E-state index contributed by atoms with van der Waals surface area (Å²) in [5, 5.41) is 0. The standard InChI is InChI=1S/C11H13O.ClH.Zn/c1-10(2)8-12-9-11-6-4-3-5-7-11;;/h3-7H,1-2,8-9H2;1H;/p-1. The van der Waals surface area contributed by atoms with Gasteiger partial charge in [0.15, 0.2) is 0 Å². The van der Waals surface area contributed by atoms with Crippen molar-refractivity contribution in [1.82, 2.24) is 0 Å². The predicted octanol–water partition coefficient (Wildman–Crippen LogP) is -0.405. The van der Waals surface area contributed by atoms with Crippen LogP contribution >= 0.6 is 0 Å². The summed E-state index contributed by atoms with van der Waals surface area (Å²) in [4.78, 5) is 0. The number of hydrogen-bond acceptors (Lipinski definition) is 1. The normalized spacial score (nSPS) is 8.36. The van der Waals surface area contributed by atoms with Crippen molar-refractivity contribution in [3.8, 4) is 0 Å². The van der Waals surface area contributed by atoms with Crippen LogP contribution in [0.5, 0.6) is 0 Å². The van der Waals surface area contributed by atoms with Gasteiger partial charge in [-0.1, -0.05) is 42.5 Å². The second-order valence-electron chi connectivity index (χ2n) is 2.73. The molecule has 0 spiro atoms. The summed E-state index contributed by atoms with van der Waals surface area (Å²) in [5.41, 5.74) is 1.99. The maximum absolute atomic E-state index is 5.32. The van der Waals surface area contributed by atoms with Gasteiger partial charge in [0.2, 0.25) is 0 Å². The molecule has 0 heterocycles. The fraction of sp³-hybridized carbons (Fsp3) is 0.182. The largest absolute Gasteiger partial charge is 1.00 e. The van der Waals surface area contributed by atoms with E-state index in [-0.39, 0.29) is 31.9 Å². The molecule has 0 aromatic heterocycles. The summed E-state index contributed by atoms with van der Waals surface area (Å²) in [5.74, 6) is 0. The zero-order valence-electron chi connectivity index (χ0n) is 8.21. The molecule has 1 radical (unpaired) electrons. The molecular weight excluding hydrogens is 249 g/mol. The third-order valence-corrected chi connectivity index (χ3v) is 1.42. The first-order valence-electron chi connectivity index (χ1n) is 3.90. The Morgan fingerprint density at radius 1 is 1.21 bits per heavy atom. The SMILES string of the molecule is [CH2]C(=C)COCc1ccccc1.[Cl-].[Zn]. The molecule has 0 aliphatic carbocycles. The number of halogens is 1. The molecule has 3 heteroatoms. The van der Waals surface area contributed by atoms with Crippen molar-refractivity contribution in [2.75, 3.05) is 6.61 Å². The van der Waals surface area contributed by atoms with E-state index in [0.29, 0.717) is 13.2 Å². The Kier molecular flexibility index (Phi) is 10.9. The van der Waals surface area contributed by atoms with E-state index in [0.717, 1.165) is 5.57 Å². The van der Waals surface area contributed by atoms with Gasteiger partial charge in [0.1, 0.15) is 0 Å². The van der Waals surface area contributed by atoms with Gasteiger partial charge in [0, 0.05) is 19.5 Å². The molecule has 1 rings (SSSR count). The third kappa shape index (κ3) is 7.26. The van der Waals surface area contributed by atoms with Gasteiger partial charge in [-0.2, -0.15) is 0 Å². The van der Waals surface area contributed by atoms with Gasteiger partial charge >= 0.3 is 0 Å². The zero-order chi connectivity index (χ0) is 8.81. The molecule has 0 amide bonds. The van der Waals surface area contributed by atoms with Gasteiger partial charge in [-0.15, -0.1) is 0 Å². The molecule has 0 bridgehead atoms. The third-order valence-electron chi connectivity index (χ3n) is 1.42. The van der Waals surface area contributed by atoms with Gasteiger partial charge in [0.05, 0.1) is 13.2 Å². The van der Waals surface area contributed by atoms with Crippen LogP contribution in [-0.4, -0.2) is 6.61 Å². The number of ether oxygens (including phenoxy) is 1. The van der Waals surface area contributed by atoms with Crippen LogP contribution in [0.15, 0.2) is 42.5 Å². The molecule has 0 saturated carbocycles. The monoisotopic (exact) mass is 260 g/mol. The molecule has 0 fully saturated rings. The Hall–Kier alpha value is -0.167. The zero-order valence-corrected chi connectivity index (χ0v) is 11.9. The average molecular weight is 262 g/mol. The van der Waals surface area contributed by atoms with Crippen LogP contribution in [0.25, 0.3) is 0 Å². The van der Waals surface area contributed by atoms with Gasteiger partial charge < -0.3 is 17.1 Å². The van der Waals surface area contributed by atoms with Crippen LogP contribution in [-0.2, 0) is 30.8 Å². The molecule has 0 unspecified atom stereocenters. The summed E-state index contributed by atoms with van der Waals surface area (Å²) < 4.78 is 5.32. The fourth-order valence-electron chi connectivity index (χ4n) is 0.887. The maximum Gasteiger partial charge on any atom is 0.0721 e. The molecule has 0 aliphatic heterocycles. The topological polar surface area (TPSA) is 9.23 Å². The Morgan fingerprint density at radius 2 is 1.79 bits per heavy atom. The molecule has 0 atom stereocenters. The molecular formula is C11H13ClOZn-. The van der Waals surface area contributed by atoms with Gasteiger partial charge in [-0.3, -0.25) is 0 Å². The van der Waals surface area contributed by atoms with Crippen molar-refractivity contribution >= 4 is 0 Å². The van der Waals surface area contributed by atoms with Crippen molar-refractivity contribution in [3.63, 3.8) is 0 Å². The molecule has 0 saturated heterocycles. The van der Waals surface area contributed by atoms with E-state index in [1.54, 1.807) is 0 Å². The van der Waals surface area contributed by atoms with E-state index >= 15 is 0 Å². The van der Waals surface area contributed by atoms with Crippen LogP contribution < -0.4 is 12.4 Å². The van der Waals surface area contributed by atoms with Crippen LogP contribution in [0.4, 0.5) is 0 Å². The first kappa shape index (κ1) is 16.3. The number of rotatable bonds is 4. The summed E-state index contributed by atoms with van der Waals surface area (Å²) in [7, 11) is 0. The average Bonchev–Trinajstić information content (AvgIpc) is 2.05. The van der Waals surface area contributed by atoms with Crippen LogP contribution in [0.1, 0.15) is 5.56 Å². The smallest absolute Gasteiger partial charge is 0.0721 e. The summed E-state index contributed by atoms with van der Waals surface area (Å²) in [6.45, 7) is 8.47. The van der Waals surface area contributed by atoms with Gasteiger partial charge in [-0.25, -0.2) is 0 Å². The van der Waals surface area contributed by atoms with E-state index in [2.05, 4.69) is 13.5 Å². The molecule has 0 N–H and O–H groups in total. The van der Waals surface area contributed by atoms with E-state index in [1.165, 1.54) is 5.56 Å². The Labute approximate surface area is 105 Å². The van der Waals surface area contributed by atoms with Crippen LogP contribution in [0, 0.1) is 6.92 Å². The second kappa shape index (κ2) is 9.39. The van der Waals surface area contributed by atoms with Crippen molar-refractivity contribution in [2.45, 2.75) is 6.61 Å². The van der Waals surface area contributed by atoms with E-state index in [1.807, 2.05) is 30.3 Å². The van der Waals surface area contributed by atoms with E-state index in [4.69, 9.17) is 4.74 Å². The predicted molar refractivity (Wildman–Crippen MR) is 50.6 cm³/mol. The summed E-state index contributed by atoms with van der Waals surface area (Å²) in [6, 6.07) is 10.1. The maximum atomic E-state index is 5.32. The molecule has 1 aromatic carbocycles. The second-order valence-corrected chi connectivity index (χ2v) is 2.73. The van der Waals surface area contributed by atoms with Crippen molar-refractivity contribution in [2.24, 2.45) is 0 Å². The summed E-state index contributed by atoms with van der Waals surface area (Å²) in [6.07, 6.45) is 0. The summed E-state index contributed by atoms with van der Waals surface area (Å²) >= 11 is 0. The van der Waals surface area contributed by atoms with Gasteiger partial charge in [0.25, 0.3) is 0 Å². The number of hydrogen-bond donors (Lipinski definition) is 0. The molecule has 73 valence electrons. The van der Waals surface area contributed by atoms with Crippen molar-refractivity contribution < 1.29 is 36.6 Å². The fourth-order valence-corrected chi connectivity index (χ4v) is 0.887. The quantitative estimate of drug-likeness (QED) is 0.671. The minimum Gasteiger partial charge on any atom is -1.00 e. The molecule has 1 nitrogen and oxygen atoms in total. The van der Waals surface area contributed by atoms with E-state index in [9.17, 15) is 0 Å². The molecule has 14 heavy (non-hydrogen) atoms. The van der Waals surface area contributed by atoms with Crippen molar-refractivity contribution in [3.05, 3.63) is 55.0 Å². The minimum absolute atomic E-state index is 0.